The van der Waals surface area contributed by atoms with E-state index in [1.165, 1.54) is 38.8 Å². The summed E-state index contributed by atoms with van der Waals surface area (Å²) in [6.07, 6.45) is 7.81. The Balaban J connectivity index is 1.46. The summed E-state index contributed by atoms with van der Waals surface area (Å²) in [5.41, 5.74) is 1.04. The summed E-state index contributed by atoms with van der Waals surface area (Å²) in [5, 5.41) is 4.42. The Kier molecular flexibility index (Phi) is 6.18. The lowest BCUT2D eigenvalue weighted by atomic mass is 9.83. The molecule has 0 spiro atoms. The fourth-order valence-electron chi connectivity index (χ4n) is 5.56. The van der Waals surface area contributed by atoms with Gasteiger partial charge in [0, 0.05) is 35.6 Å². The van der Waals surface area contributed by atoms with Crippen LogP contribution in [0.3, 0.4) is 0 Å². The smallest absolute Gasteiger partial charge is 0.262 e. The van der Waals surface area contributed by atoms with Gasteiger partial charge in [-0.1, -0.05) is 30.7 Å². The van der Waals surface area contributed by atoms with Gasteiger partial charge in [0.2, 0.25) is 0 Å². The van der Waals surface area contributed by atoms with Gasteiger partial charge in [-0.15, -0.1) is 0 Å². The van der Waals surface area contributed by atoms with E-state index in [0.717, 1.165) is 6.42 Å². The molecule has 0 saturated carbocycles. The number of ether oxygens (including phenoxy) is 1. The van der Waals surface area contributed by atoms with Crippen molar-refractivity contribution >= 4 is 16.7 Å². The molecule has 2 aliphatic rings. The van der Waals surface area contributed by atoms with E-state index in [1.807, 2.05) is 36.4 Å². The minimum Gasteiger partial charge on any atom is -0.497 e. The van der Waals surface area contributed by atoms with Crippen molar-refractivity contribution in [1.82, 2.24) is 14.8 Å². The molecule has 0 aliphatic carbocycles. The second-order valence-corrected chi connectivity index (χ2v) is 9.18. The fourth-order valence-corrected chi connectivity index (χ4v) is 5.56. The van der Waals surface area contributed by atoms with Gasteiger partial charge in [0.25, 0.3) is 11.5 Å². The molecule has 6 nitrogen and oxygen atoms in total. The highest BCUT2D eigenvalue weighted by molar-refractivity contribution is 6.06. The van der Waals surface area contributed by atoms with Gasteiger partial charge in [-0.3, -0.25) is 14.2 Å². The van der Waals surface area contributed by atoms with Crippen LogP contribution in [0.15, 0.2) is 59.5 Å². The zero-order valence-corrected chi connectivity index (χ0v) is 19.1. The number of hydrogen-bond acceptors (Lipinski definition) is 4. The van der Waals surface area contributed by atoms with E-state index in [2.05, 4.69) is 10.2 Å². The Morgan fingerprint density at radius 2 is 1.85 bits per heavy atom. The monoisotopic (exact) mass is 445 g/mol. The first kappa shape index (κ1) is 21.7. The van der Waals surface area contributed by atoms with Gasteiger partial charge in [-0.25, -0.2) is 0 Å². The lowest BCUT2D eigenvalue weighted by molar-refractivity contribution is 0.0576. The first-order valence-electron chi connectivity index (χ1n) is 12.0. The summed E-state index contributed by atoms with van der Waals surface area (Å²) in [4.78, 5) is 29.3. The van der Waals surface area contributed by atoms with E-state index in [0.29, 0.717) is 46.3 Å². The second-order valence-electron chi connectivity index (χ2n) is 9.18. The summed E-state index contributed by atoms with van der Waals surface area (Å²) in [5.74, 6) is 1.02. The van der Waals surface area contributed by atoms with Crippen molar-refractivity contribution in [2.45, 2.75) is 38.1 Å². The lowest BCUT2D eigenvalue weighted by Crippen LogP contribution is -2.51. The zero-order valence-electron chi connectivity index (χ0n) is 19.1. The molecule has 0 radical (unpaired) electrons. The number of aromatic nitrogens is 1. The van der Waals surface area contributed by atoms with Crippen LogP contribution in [0.5, 0.6) is 5.75 Å². The number of methoxy groups -OCH3 is 1. The number of pyridine rings is 1. The molecule has 0 unspecified atom stereocenters. The van der Waals surface area contributed by atoms with E-state index >= 15 is 0 Å². The third-order valence-electron chi connectivity index (χ3n) is 7.25. The van der Waals surface area contributed by atoms with Crippen LogP contribution >= 0.6 is 0 Å². The van der Waals surface area contributed by atoms with Crippen molar-refractivity contribution in [2.24, 2.45) is 5.92 Å². The van der Waals surface area contributed by atoms with Gasteiger partial charge in [0.05, 0.1) is 18.4 Å². The number of rotatable bonds is 5. The van der Waals surface area contributed by atoms with Gasteiger partial charge in [-0.05, 0) is 62.9 Å². The average Bonchev–Trinajstić information content (AvgIpc) is 2.87. The van der Waals surface area contributed by atoms with Crippen LogP contribution in [-0.4, -0.2) is 48.2 Å². The molecule has 2 saturated heterocycles. The molecule has 1 aromatic heterocycles. The molecular formula is C27H31N3O3. The number of hydrogen-bond donors (Lipinski definition) is 1. The molecular weight excluding hydrogens is 414 g/mol. The van der Waals surface area contributed by atoms with Crippen LogP contribution in [0, 0.1) is 5.92 Å². The molecule has 3 heterocycles. The lowest BCUT2D eigenvalue weighted by Gasteiger charge is -2.44. The highest BCUT2D eigenvalue weighted by Gasteiger charge is 2.33. The summed E-state index contributed by atoms with van der Waals surface area (Å²) >= 11 is 0. The Labute approximate surface area is 194 Å². The number of fused-ring (bicyclic) bond motifs is 2. The van der Waals surface area contributed by atoms with Crippen molar-refractivity contribution in [3.63, 3.8) is 0 Å². The third-order valence-corrected chi connectivity index (χ3v) is 7.25. The highest BCUT2D eigenvalue weighted by Crippen LogP contribution is 2.30. The Bertz CT molecular complexity index is 1220. The number of piperidine rings is 2. The minimum atomic E-state index is -0.152. The van der Waals surface area contributed by atoms with E-state index in [-0.39, 0.29) is 11.5 Å². The van der Waals surface area contributed by atoms with Crippen LogP contribution < -0.4 is 15.6 Å². The molecule has 33 heavy (non-hydrogen) atoms. The minimum absolute atomic E-state index is 0.129. The first-order valence-corrected chi connectivity index (χ1v) is 12.0. The van der Waals surface area contributed by atoms with Crippen molar-refractivity contribution in [1.29, 1.82) is 0 Å². The summed E-state index contributed by atoms with van der Waals surface area (Å²) < 4.78 is 6.88. The van der Waals surface area contributed by atoms with Gasteiger partial charge in [-0.2, -0.15) is 0 Å². The van der Waals surface area contributed by atoms with Gasteiger partial charge in [0.1, 0.15) is 5.75 Å². The van der Waals surface area contributed by atoms with Gasteiger partial charge < -0.3 is 15.0 Å². The molecule has 5 rings (SSSR count). The number of amides is 1. The molecule has 2 aromatic carbocycles. The molecule has 3 aromatic rings. The van der Waals surface area contributed by atoms with Gasteiger partial charge in [0.15, 0.2) is 0 Å². The van der Waals surface area contributed by atoms with Crippen LogP contribution in [0.25, 0.3) is 16.5 Å². The van der Waals surface area contributed by atoms with E-state index < -0.39 is 0 Å². The van der Waals surface area contributed by atoms with E-state index in [1.54, 1.807) is 30.0 Å². The Morgan fingerprint density at radius 3 is 2.70 bits per heavy atom. The first-order chi connectivity index (χ1) is 16.2. The molecule has 172 valence electrons. The quantitative estimate of drug-likeness (QED) is 0.645. The summed E-state index contributed by atoms with van der Waals surface area (Å²) in [6.45, 7) is 3.04. The van der Waals surface area contributed by atoms with Crippen molar-refractivity contribution in [3.8, 4) is 11.4 Å². The number of nitrogens with zero attached hydrogens (tertiary/aromatic N) is 2. The SMILES string of the molecule is COc1cccc(-n2cc(C(=O)NC[C@@H]3CCCN4CCCC[C@H]34)c3ccccc3c2=O)c1. The predicted octanol–water partition coefficient (Wildman–Crippen LogP) is 3.99. The maximum atomic E-state index is 13.4. The zero-order chi connectivity index (χ0) is 22.8. The van der Waals surface area contributed by atoms with E-state index in [9.17, 15) is 9.59 Å². The summed E-state index contributed by atoms with van der Waals surface area (Å²) in [7, 11) is 1.60. The molecule has 1 N–H and O–H groups in total. The van der Waals surface area contributed by atoms with Crippen molar-refractivity contribution in [2.75, 3.05) is 26.7 Å². The predicted molar refractivity (Wildman–Crippen MR) is 130 cm³/mol. The van der Waals surface area contributed by atoms with Gasteiger partial charge >= 0.3 is 0 Å². The maximum Gasteiger partial charge on any atom is 0.262 e. The second kappa shape index (κ2) is 9.40. The highest BCUT2D eigenvalue weighted by atomic mass is 16.5. The number of benzene rings is 2. The molecule has 0 bridgehead atoms. The summed E-state index contributed by atoms with van der Waals surface area (Å²) in [6, 6.07) is 15.2. The molecule has 1 amide bonds. The van der Waals surface area contributed by atoms with Crippen LogP contribution in [0.1, 0.15) is 42.5 Å². The fraction of sp³-hybridized carbons (Fsp3) is 0.407. The number of carbonyl (C=O) groups excluding carboxylic acids is 1. The number of nitrogens with one attached hydrogen (secondary N) is 1. The van der Waals surface area contributed by atoms with Crippen molar-refractivity contribution in [3.05, 3.63) is 70.6 Å². The van der Waals surface area contributed by atoms with Crippen LogP contribution in [0.4, 0.5) is 0 Å². The van der Waals surface area contributed by atoms with Crippen LogP contribution in [0.2, 0.25) is 0 Å². The molecule has 2 atom stereocenters. The maximum absolute atomic E-state index is 13.4. The largest absolute Gasteiger partial charge is 0.497 e. The normalized spacial score (nSPS) is 20.9. The Morgan fingerprint density at radius 1 is 1.03 bits per heavy atom. The van der Waals surface area contributed by atoms with Crippen molar-refractivity contribution < 1.29 is 9.53 Å². The number of carbonyl (C=O) groups is 1. The Hall–Kier alpha value is -3.12. The van der Waals surface area contributed by atoms with E-state index in [4.69, 9.17) is 4.74 Å². The topological polar surface area (TPSA) is 63.6 Å². The molecule has 6 heteroatoms. The third kappa shape index (κ3) is 4.27. The molecule has 2 fully saturated rings. The standard InChI is InChI=1S/C27H31N3O3/c1-33-21-10-6-9-20(16-21)30-18-24(22-11-2-3-12-23(22)27(30)32)26(31)28-17-19-8-7-15-29-14-5-4-13-25(19)29/h2-3,6,9-12,16,18-19,25H,4-5,7-8,13-15,17H2,1H3,(H,28,31)/t19-,25+/m0/s1. The van der Waals surface area contributed by atoms with Crippen LogP contribution in [-0.2, 0) is 0 Å². The average molecular weight is 446 g/mol. The molecule has 2 aliphatic heterocycles.